The smallest absolute Gasteiger partial charge is 0.123 e. The van der Waals surface area contributed by atoms with Gasteiger partial charge < -0.3 is 10.2 Å². The quantitative estimate of drug-likeness (QED) is 0.775. The third kappa shape index (κ3) is 3.27. The third-order valence-electron chi connectivity index (χ3n) is 4.63. The summed E-state index contributed by atoms with van der Waals surface area (Å²) in [6, 6.07) is 13.6. The summed E-state index contributed by atoms with van der Waals surface area (Å²) in [7, 11) is 0. The number of piperazine rings is 1. The van der Waals surface area contributed by atoms with Crippen molar-refractivity contribution in [2.45, 2.75) is 16.2 Å². The van der Waals surface area contributed by atoms with Crippen LogP contribution in [0.5, 0.6) is 0 Å². The van der Waals surface area contributed by atoms with E-state index in [0.717, 1.165) is 49.6 Å². The van der Waals surface area contributed by atoms with Gasteiger partial charge in [-0.15, -0.1) is 0 Å². The molecule has 4 heteroatoms. The maximum Gasteiger partial charge on any atom is 0.123 e. The number of hydrogen-bond acceptors (Lipinski definition) is 3. The molecule has 0 unspecified atom stereocenters. The first-order chi connectivity index (χ1) is 11.8. The van der Waals surface area contributed by atoms with Gasteiger partial charge in [0.25, 0.3) is 0 Å². The second-order valence-corrected chi connectivity index (χ2v) is 7.32. The highest BCUT2D eigenvalue weighted by Crippen LogP contribution is 2.45. The van der Waals surface area contributed by atoms with Gasteiger partial charge in [0.05, 0.1) is 0 Å². The molecule has 0 atom stereocenters. The van der Waals surface area contributed by atoms with Crippen molar-refractivity contribution in [3.63, 3.8) is 0 Å². The van der Waals surface area contributed by atoms with E-state index in [4.69, 9.17) is 0 Å². The molecular weight excluding hydrogens is 319 g/mol. The predicted molar refractivity (Wildman–Crippen MR) is 98.0 cm³/mol. The Morgan fingerprint density at radius 3 is 2.71 bits per heavy atom. The summed E-state index contributed by atoms with van der Waals surface area (Å²) >= 11 is 1.73. The lowest BCUT2D eigenvalue weighted by molar-refractivity contribution is 0.245. The molecule has 4 rings (SSSR count). The largest absolute Gasteiger partial charge is 0.314 e. The first kappa shape index (κ1) is 15.9. The van der Waals surface area contributed by atoms with Crippen LogP contribution in [0.1, 0.15) is 17.5 Å². The summed E-state index contributed by atoms with van der Waals surface area (Å²) in [6.45, 7) is 5.43. The van der Waals surface area contributed by atoms with E-state index in [0.29, 0.717) is 0 Å². The minimum Gasteiger partial charge on any atom is -0.314 e. The Morgan fingerprint density at radius 2 is 1.83 bits per heavy atom. The van der Waals surface area contributed by atoms with Gasteiger partial charge in [-0.3, -0.25) is 0 Å². The van der Waals surface area contributed by atoms with Gasteiger partial charge in [0.15, 0.2) is 0 Å². The fourth-order valence-corrected chi connectivity index (χ4v) is 4.48. The molecule has 0 saturated carbocycles. The molecular formula is C20H21FN2S. The van der Waals surface area contributed by atoms with Crippen molar-refractivity contribution in [2.24, 2.45) is 0 Å². The molecule has 0 bridgehead atoms. The Labute approximate surface area is 146 Å². The van der Waals surface area contributed by atoms with Crippen molar-refractivity contribution in [1.82, 2.24) is 10.2 Å². The molecule has 1 saturated heterocycles. The van der Waals surface area contributed by atoms with Crippen LogP contribution in [0.4, 0.5) is 4.39 Å². The van der Waals surface area contributed by atoms with E-state index >= 15 is 0 Å². The van der Waals surface area contributed by atoms with Crippen LogP contribution in [-0.4, -0.2) is 37.6 Å². The van der Waals surface area contributed by atoms with Crippen molar-refractivity contribution < 1.29 is 4.39 Å². The summed E-state index contributed by atoms with van der Waals surface area (Å²) in [4.78, 5) is 4.89. The van der Waals surface area contributed by atoms with Crippen LogP contribution in [0.3, 0.4) is 0 Å². The standard InChI is InChI=1S/C20H21FN2S/c21-15-7-8-20-18(14-15)16(17-4-1-2-6-19(17)24-20)5-3-11-23-12-9-22-10-13-23/h1-2,4-8,14,22H,3,9-13H2/b16-5+. The number of halogens is 1. The van der Waals surface area contributed by atoms with Crippen molar-refractivity contribution in [3.05, 3.63) is 65.5 Å². The summed E-state index contributed by atoms with van der Waals surface area (Å²) in [6.07, 6.45) is 3.28. The highest BCUT2D eigenvalue weighted by molar-refractivity contribution is 7.99. The van der Waals surface area contributed by atoms with Crippen molar-refractivity contribution in [1.29, 1.82) is 0 Å². The van der Waals surface area contributed by atoms with Crippen LogP contribution in [-0.2, 0) is 0 Å². The predicted octanol–water partition coefficient (Wildman–Crippen LogP) is 4.02. The van der Waals surface area contributed by atoms with E-state index in [1.807, 2.05) is 6.07 Å². The molecule has 2 aromatic carbocycles. The molecule has 1 N–H and O–H groups in total. The van der Waals surface area contributed by atoms with E-state index in [1.54, 1.807) is 23.9 Å². The van der Waals surface area contributed by atoms with Crippen LogP contribution in [0.2, 0.25) is 0 Å². The Kier molecular flexibility index (Phi) is 4.69. The number of nitrogens with one attached hydrogen (secondary N) is 1. The van der Waals surface area contributed by atoms with Crippen LogP contribution in [0, 0.1) is 5.82 Å². The molecule has 2 aromatic rings. The molecule has 0 aliphatic carbocycles. The van der Waals surface area contributed by atoms with Gasteiger partial charge in [0.2, 0.25) is 0 Å². The van der Waals surface area contributed by atoms with Crippen LogP contribution in [0.15, 0.2) is 58.3 Å². The average molecular weight is 340 g/mol. The van der Waals surface area contributed by atoms with E-state index in [-0.39, 0.29) is 5.82 Å². The van der Waals surface area contributed by atoms with Gasteiger partial charge in [-0.25, -0.2) is 4.39 Å². The summed E-state index contributed by atoms with van der Waals surface area (Å²) in [5.74, 6) is -0.165. The second-order valence-electron chi connectivity index (χ2n) is 6.24. The molecule has 0 radical (unpaired) electrons. The lowest BCUT2D eigenvalue weighted by Gasteiger charge is -2.27. The molecule has 2 aliphatic rings. The molecule has 0 aromatic heterocycles. The fourth-order valence-electron chi connectivity index (χ4n) is 3.39. The van der Waals surface area contributed by atoms with E-state index in [1.165, 1.54) is 16.0 Å². The number of benzene rings is 2. The zero-order chi connectivity index (χ0) is 16.4. The Morgan fingerprint density at radius 1 is 1.04 bits per heavy atom. The number of rotatable bonds is 3. The van der Waals surface area contributed by atoms with Gasteiger partial charge in [-0.2, -0.15) is 0 Å². The van der Waals surface area contributed by atoms with Crippen LogP contribution in [0.25, 0.3) is 5.57 Å². The monoisotopic (exact) mass is 340 g/mol. The molecule has 2 heterocycles. The molecule has 2 nitrogen and oxygen atoms in total. The highest BCUT2D eigenvalue weighted by Gasteiger charge is 2.21. The molecule has 24 heavy (non-hydrogen) atoms. The maximum atomic E-state index is 13.8. The van der Waals surface area contributed by atoms with Crippen molar-refractivity contribution in [2.75, 3.05) is 32.7 Å². The first-order valence-corrected chi connectivity index (χ1v) is 9.33. The zero-order valence-corrected chi connectivity index (χ0v) is 14.4. The minimum absolute atomic E-state index is 0.165. The topological polar surface area (TPSA) is 15.3 Å². The van der Waals surface area contributed by atoms with Gasteiger partial charge in [-0.1, -0.05) is 36.0 Å². The summed E-state index contributed by atoms with van der Waals surface area (Å²) < 4.78 is 13.8. The second kappa shape index (κ2) is 7.09. The van der Waals surface area contributed by atoms with Gasteiger partial charge >= 0.3 is 0 Å². The van der Waals surface area contributed by atoms with Gasteiger partial charge in [0, 0.05) is 42.5 Å². The molecule has 124 valence electrons. The number of hydrogen-bond donors (Lipinski definition) is 1. The lowest BCUT2D eigenvalue weighted by Crippen LogP contribution is -2.43. The van der Waals surface area contributed by atoms with Crippen molar-refractivity contribution >= 4 is 17.3 Å². The molecule has 1 fully saturated rings. The number of nitrogens with zero attached hydrogens (tertiary/aromatic N) is 1. The normalized spacial score (nSPS) is 19.1. The van der Waals surface area contributed by atoms with Gasteiger partial charge in [-0.05, 0) is 47.4 Å². The van der Waals surface area contributed by atoms with E-state index < -0.39 is 0 Å². The average Bonchev–Trinajstić information content (AvgIpc) is 2.62. The highest BCUT2D eigenvalue weighted by atomic mass is 32.2. The number of fused-ring (bicyclic) bond motifs is 2. The molecule has 0 spiro atoms. The lowest BCUT2D eigenvalue weighted by atomic mass is 9.96. The van der Waals surface area contributed by atoms with Crippen molar-refractivity contribution in [3.8, 4) is 0 Å². The van der Waals surface area contributed by atoms with E-state index in [2.05, 4.69) is 40.6 Å². The SMILES string of the molecule is Fc1ccc2c(c1)/C(=C/CCN1CCNCC1)c1ccccc1S2. The summed E-state index contributed by atoms with van der Waals surface area (Å²) in [5.41, 5.74) is 3.42. The zero-order valence-electron chi connectivity index (χ0n) is 13.6. The van der Waals surface area contributed by atoms with E-state index in [9.17, 15) is 4.39 Å². The first-order valence-electron chi connectivity index (χ1n) is 8.52. The Bertz CT molecular complexity index is 766. The Balaban J connectivity index is 1.63. The fraction of sp³-hybridized carbons (Fsp3) is 0.300. The molecule has 2 aliphatic heterocycles. The molecule has 0 amide bonds. The van der Waals surface area contributed by atoms with Crippen LogP contribution >= 0.6 is 11.8 Å². The third-order valence-corrected chi connectivity index (χ3v) is 5.78. The maximum absolute atomic E-state index is 13.8. The van der Waals surface area contributed by atoms with Gasteiger partial charge in [0.1, 0.15) is 5.82 Å². The Hall–Kier alpha value is -1.62. The minimum atomic E-state index is -0.165. The van der Waals surface area contributed by atoms with Crippen LogP contribution < -0.4 is 5.32 Å². The summed E-state index contributed by atoms with van der Waals surface area (Å²) in [5, 5.41) is 3.39.